The van der Waals surface area contributed by atoms with Crippen molar-refractivity contribution in [3.63, 3.8) is 0 Å². The predicted molar refractivity (Wildman–Crippen MR) is 176 cm³/mol. The van der Waals surface area contributed by atoms with Crippen LogP contribution >= 0.6 is 11.6 Å². The number of aromatic hydroxyl groups is 1. The summed E-state index contributed by atoms with van der Waals surface area (Å²) >= 11 is 6.05. The number of benzene rings is 1. The topological polar surface area (TPSA) is 132 Å². The Morgan fingerprint density at radius 3 is 2.48 bits per heavy atom. The number of anilines is 3. The number of Topliss-reactive ketones (excluding diaryl/α,β-unsaturated/α-hetero) is 1. The van der Waals surface area contributed by atoms with E-state index in [2.05, 4.69) is 15.2 Å². The van der Waals surface area contributed by atoms with Crippen molar-refractivity contribution in [3.8, 4) is 17.0 Å². The molecule has 0 radical (unpaired) electrons. The molecule has 1 saturated carbocycles. The quantitative estimate of drug-likeness (QED) is 0.173. The van der Waals surface area contributed by atoms with E-state index in [1.165, 1.54) is 11.0 Å². The summed E-state index contributed by atoms with van der Waals surface area (Å²) in [5.74, 6) is -0.867. The summed E-state index contributed by atoms with van der Waals surface area (Å²) in [6.07, 6.45) is 6.57. The van der Waals surface area contributed by atoms with E-state index in [-0.39, 0.29) is 22.8 Å². The summed E-state index contributed by atoms with van der Waals surface area (Å²) in [7, 11) is 0. The van der Waals surface area contributed by atoms with E-state index in [0.717, 1.165) is 50.5 Å². The average molecular weight is 647 g/mol. The van der Waals surface area contributed by atoms with E-state index >= 15 is 0 Å². The molecular weight excluding hydrogens is 611 g/mol. The number of nitrogens with one attached hydrogen (secondary N) is 1. The zero-order chi connectivity index (χ0) is 32.7. The van der Waals surface area contributed by atoms with Gasteiger partial charge in [0.15, 0.2) is 17.3 Å². The van der Waals surface area contributed by atoms with Crippen molar-refractivity contribution in [1.29, 1.82) is 0 Å². The lowest BCUT2D eigenvalue weighted by Gasteiger charge is -2.44. The first kappa shape index (κ1) is 31.5. The third kappa shape index (κ3) is 6.16. The number of hydrogen-bond acceptors (Lipinski definition) is 8. The average Bonchev–Trinajstić information content (AvgIpc) is 2.98. The molecule has 3 N–H and O–H groups in total. The molecule has 3 aromatic heterocycles. The van der Waals surface area contributed by atoms with Gasteiger partial charge in [0, 0.05) is 36.3 Å². The Kier molecular flexibility index (Phi) is 8.45. The number of piperidine rings is 1. The normalized spacial score (nSPS) is 17.1. The number of phenols is 1. The highest BCUT2D eigenvalue weighted by molar-refractivity contribution is 6.32. The summed E-state index contributed by atoms with van der Waals surface area (Å²) in [4.78, 5) is 43.3. The second-order valence-electron chi connectivity index (χ2n) is 13.0. The minimum absolute atomic E-state index is 0.0140. The summed E-state index contributed by atoms with van der Waals surface area (Å²) < 4.78 is 14.4. The molecular formula is C34H36ClFN6O4. The van der Waals surface area contributed by atoms with E-state index < -0.39 is 23.2 Å². The van der Waals surface area contributed by atoms with Crippen LogP contribution in [-0.4, -0.2) is 66.6 Å². The van der Waals surface area contributed by atoms with Crippen molar-refractivity contribution in [2.45, 2.75) is 64.5 Å². The molecule has 46 heavy (non-hydrogen) atoms. The molecule has 10 nitrogen and oxygen atoms in total. The van der Waals surface area contributed by atoms with Crippen LogP contribution in [0, 0.1) is 11.7 Å². The van der Waals surface area contributed by atoms with Crippen molar-refractivity contribution in [3.05, 3.63) is 65.2 Å². The number of carbonyl (C=O) groups is 2. The highest BCUT2D eigenvalue weighted by Gasteiger charge is 2.36. The number of nitrogens with zero attached hydrogens (tertiary/aromatic N) is 5. The van der Waals surface area contributed by atoms with Crippen LogP contribution in [-0.2, 0) is 0 Å². The van der Waals surface area contributed by atoms with Gasteiger partial charge in [-0.15, -0.1) is 0 Å². The van der Waals surface area contributed by atoms with Crippen molar-refractivity contribution in [2.75, 3.05) is 23.3 Å². The van der Waals surface area contributed by atoms with Gasteiger partial charge in [-0.05, 0) is 82.9 Å². The van der Waals surface area contributed by atoms with Gasteiger partial charge in [-0.3, -0.25) is 14.7 Å². The molecule has 4 aromatic rings. The van der Waals surface area contributed by atoms with E-state index in [1.54, 1.807) is 24.5 Å². The fourth-order valence-corrected chi connectivity index (χ4v) is 6.51. The van der Waals surface area contributed by atoms with Gasteiger partial charge < -0.3 is 20.4 Å². The van der Waals surface area contributed by atoms with Gasteiger partial charge in [0.25, 0.3) is 0 Å². The molecule has 240 valence electrons. The maximum atomic E-state index is 14.4. The molecule has 12 heteroatoms. The van der Waals surface area contributed by atoms with E-state index in [9.17, 15) is 24.2 Å². The van der Waals surface area contributed by atoms with Crippen LogP contribution in [0.1, 0.15) is 63.2 Å². The maximum absolute atomic E-state index is 14.4. The molecule has 0 unspecified atom stereocenters. The van der Waals surface area contributed by atoms with Gasteiger partial charge in [-0.2, -0.15) is 0 Å². The van der Waals surface area contributed by atoms with Gasteiger partial charge in [0.05, 0.1) is 45.4 Å². The van der Waals surface area contributed by atoms with Crippen LogP contribution in [0.2, 0.25) is 5.02 Å². The zero-order valence-electron chi connectivity index (χ0n) is 25.9. The number of carboxylic acid groups (broad SMARTS) is 1. The van der Waals surface area contributed by atoms with Gasteiger partial charge in [-0.1, -0.05) is 18.0 Å². The van der Waals surface area contributed by atoms with E-state index in [0.29, 0.717) is 45.8 Å². The summed E-state index contributed by atoms with van der Waals surface area (Å²) in [5, 5.41) is 23.0. The fraction of sp³-hybridized carbons (Fsp3) is 0.382. The van der Waals surface area contributed by atoms with Crippen LogP contribution in [0.4, 0.5) is 26.4 Å². The number of carbonyl (C=O) groups excluding carboxylic acids is 1. The third-order valence-electron chi connectivity index (χ3n) is 8.80. The number of pyridine rings is 3. The Hall–Kier alpha value is -4.51. The molecule has 1 atom stereocenters. The van der Waals surface area contributed by atoms with Crippen LogP contribution < -0.4 is 10.2 Å². The number of hydrogen-bond donors (Lipinski definition) is 3. The lowest BCUT2D eigenvalue weighted by atomic mass is 9.80. The monoisotopic (exact) mass is 646 g/mol. The minimum atomic E-state index is -0.931. The lowest BCUT2D eigenvalue weighted by molar-refractivity contribution is 0.0647. The van der Waals surface area contributed by atoms with Crippen molar-refractivity contribution in [2.24, 2.45) is 5.92 Å². The first-order valence-electron chi connectivity index (χ1n) is 15.4. The molecule has 2 fully saturated rings. The number of phenolic OH excluding ortho intramolecular Hbond substituents is 1. The van der Waals surface area contributed by atoms with Crippen LogP contribution in [0.15, 0.2) is 48.8 Å². The smallest absolute Gasteiger partial charge is 0.408 e. The van der Waals surface area contributed by atoms with E-state index in [1.807, 2.05) is 32.9 Å². The number of ketones is 1. The molecule has 1 aliphatic heterocycles. The van der Waals surface area contributed by atoms with Crippen LogP contribution in [0.25, 0.3) is 22.3 Å². The SMILES string of the molecule is CC(C)(C)N(C(=O)O)[C@H]1CCCN(c2ccc(Nc3c(C(=O)C4CCC4)cnc4ccc(-c5cc(F)c(O)c(Cl)c5)nc34)cn2)C1. The number of fused-ring (bicyclic) bond motifs is 1. The summed E-state index contributed by atoms with van der Waals surface area (Å²) in [6.45, 7) is 7.01. The molecule has 1 aliphatic carbocycles. The molecule has 1 amide bonds. The largest absolute Gasteiger partial charge is 0.504 e. The van der Waals surface area contributed by atoms with Gasteiger partial charge in [-0.25, -0.2) is 19.2 Å². The molecule has 2 aliphatic rings. The first-order valence-corrected chi connectivity index (χ1v) is 15.8. The fourth-order valence-electron chi connectivity index (χ4n) is 6.30. The lowest BCUT2D eigenvalue weighted by Crippen LogP contribution is -2.57. The third-order valence-corrected chi connectivity index (χ3v) is 9.09. The number of rotatable bonds is 7. The maximum Gasteiger partial charge on any atom is 0.408 e. The van der Waals surface area contributed by atoms with Gasteiger partial charge >= 0.3 is 6.09 Å². The van der Waals surface area contributed by atoms with E-state index in [4.69, 9.17) is 21.6 Å². The molecule has 4 heterocycles. The standard InChI is InChI=1S/C34H36ClFN6O4/c1-34(2,3)42(33(45)46)22-8-5-13-41(18-22)28-12-9-21(16-38-28)39-29-23(31(43)19-6-4-7-19)17-37-27-11-10-26(40-30(27)29)20-14-24(35)32(44)25(36)15-20/h9-12,14-17,19,22,44H,4-8,13,18H2,1-3H3,(H,37,39)(H,45,46)/t22-/m0/s1. The van der Waals surface area contributed by atoms with Crippen molar-refractivity contribution in [1.82, 2.24) is 19.9 Å². The highest BCUT2D eigenvalue weighted by Crippen LogP contribution is 2.37. The van der Waals surface area contributed by atoms with Crippen LogP contribution in [0.3, 0.4) is 0 Å². The predicted octanol–water partition coefficient (Wildman–Crippen LogP) is 7.66. The summed E-state index contributed by atoms with van der Waals surface area (Å²) in [5.41, 5.74) is 2.70. The summed E-state index contributed by atoms with van der Waals surface area (Å²) in [6, 6.07) is 9.60. The Balaban J connectivity index is 1.33. The van der Waals surface area contributed by atoms with Crippen molar-refractivity contribution < 1.29 is 24.2 Å². The van der Waals surface area contributed by atoms with Gasteiger partial charge in [0.2, 0.25) is 0 Å². The second kappa shape index (κ2) is 12.4. The molecule has 0 bridgehead atoms. The molecule has 6 rings (SSSR count). The Morgan fingerprint density at radius 1 is 1.07 bits per heavy atom. The first-order chi connectivity index (χ1) is 21.9. The number of amides is 1. The Morgan fingerprint density at radius 2 is 1.85 bits per heavy atom. The van der Waals surface area contributed by atoms with Gasteiger partial charge in [0.1, 0.15) is 11.3 Å². The highest BCUT2D eigenvalue weighted by atomic mass is 35.5. The number of aromatic nitrogens is 3. The van der Waals surface area contributed by atoms with Crippen molar-refractivity contribution >= 4 is 51.7 Å². The number of halogens is 2. The molecule has 1 aromatic carbocycles. The van der Waals surface area contributed by atoms with Crippen LogP contribution in [0.5, 0.6) is 5.75 Å². The Labute approximate surface area is 271 Å². The Bertz CT molecular complexity index is 1790. The second-order valence-corrected chi connectivity index (χ2v) is 13.4. The zero-order valence-corrected chi connectivity index (χ0v) is 26.7. The minimum Gasteiger partial charge on any atom is -0.504 e. The molecule has 0 spiro atoms. The molecule has 1 saturated heterocycles.